The number of nitrogens with zero attached hydrogens (tertiary/aromatic N) is 3. The Balaban J connectivity index is 1.67. The van der Waals surface area contributed by atoms with Gasteiger partial charge in [0, 0.05) is 30.2 Å². The van der Waals surface area contributed by atoms with Crippen LogP contribution in [0, 0.1) is 6.92 Å². The Morgan fingerprint density at radius 3 is 2.42 bits per heavy atom. The monoisotopic (exact) mass is 348 g/mol. The van der Waals surface area contributed by atoms with Crippen molar-refractivity contribution in [3.63, 3.8) is 0 Å². The Hall–Kier alpha value is -3.48. The number of pyridine rings is 1. The van der Waals surface area contributed by atoms with Gasteiger partial charge >= 0.3 is 0 Å². The number of amides is 1. The Labute approximate surface area is 151 Å². The van der Waals surface area contributed by atoms with Gasteiger partial charge in [0.25, 0.3) is 5.91 Å². The molecule has 0 saturated heterocycles. The first-order valence-corrected chi connectivity index (χ1v) is 8.33. The summed E-state index contributed by atoms with van der Waals surface area (Å²) in [6, 6.07) is 14.5. The summed E-state index contributed by atoms with van der Waals surface area (Å²) >= 11 is 0. The first-order valence-electron chi connectivity index (χ1n) is 8.33. The number of aryl methyl sites for hydroxylation is 1. The van der Waals surface area contributed by atoms with Gasteiger partial charge in [-0.2, -0.15) is 0 Å². The number of nitrogens with one attached hydrogen (secondary N) is 3. The second-order valence-electron chi connectivity index (χ2n) is 5.59. The van der Waals surface area contributed by atoms with Gasteiger partial charge in [0.1, 0.15) is 23.2 Å². The highest BCUT2D eigenvalue weighted by Crippen LogP contribution is 2.20. The maximum absolute atomic E-state index is 12.1. The molecule has 3 rings (SSSR count). The lowest BCUT2D eigenvalue weighted by molar-refractivity contribution is 0.102. The highest BCUT2D eigenvalue weighted by Gasteiger charge is 2.07. The molecule has 7 nitrogen and oxygen atoms in total. The van der Waals surface area contributed by atoms with Crippen LogP contribution in [0.2, 0.25) is 0 Å². The molecule has 0 unspecified atom stereocenters. The third-order valence-corrected chi connectivity index (χ3v) is 3.51. The first kappa shape index (κ1) is 17.3. The van der Waals surface area contributed by atoms with E-state index in [9.17, 15) is 4.79 Å². The smallest absolute Gasteiger partial charge is 0.274 e. The molecule has 0 saturated carbocycles. The van der Waals surface area contributed by atoms with Gasteiger partial charge in [0.2, 0.25) is 0 Å². The Morgan fingerprint density at radius 2 is 1.73 bits per heavy atom. The van der Waals surface area contributed by atoms with Crippen LogP contribution in [0.5, 0.6) is 0 Å². The summed E-state index contributed by atoms with van der Waals surface area (Å²) < 4.78 is 0. The van der Waals surface area contributed by atoms with E-state index in [1.165, 1.54) is 0 Å². The van der Waals surface area contributed by atoms with E-state index in [1.54, 1.807) is 24.4 Å². The number of anilines is 4. The lowest BCUT2D eigenvalue weighted by Gasteiger charge is -2.10. The first-order chi connectivity index (χ1) is 12.6. The molecule has 0 spiro atoms. The maximum atomic E-state index is 12.1. The van der Waals surface area contributed by atoms with E-state index in [0.29, 0.717) is 23.0 Å². The molecule has 3 N–H and O–H groups in total. The van der Waals surface area contributed by atoms with E-state index in [2.05, 4.69) is 30.9 Å². The highest BCUT2D eigenvalue weighted by atomic mass is 16.1. The zero-order valence-corrected chi connectivity index (χ0v) is 14.7. The average Bonchev–Trinajstić information content (AvgIpc) is 2.64. The molecule has 3 aromatic rings. The van der Waals surface area contributed by atoms with Crippen LogP contribution >= 0.6 is 0 Å². The number of rotatable bonds is 6. The van der Waals surface area contributed by atoms with Gasteiger partial charge < -0.3 is 16.0 Å². The maximum Gasteiger partial charge on any atom is 0.274 e. The SMILES string of the molecule is CCNc1cc(Nc2ccc(NC(=O)c3ccccn3)cc2)nc(C)n1. The van der Waals surface area contributed by atoms with Crippen LogP contribution in [0.15, 0.2) is 54.7 Å². The molecule has 0 atom stereocenters. The van der Waals surface area contributed by atoms with Crippen molar-refractivity contribution >= 4 is 28.9 Å². The molecule has 0 aliphatic rings. The predicted octanol–water partition coefficient (Wildman–Crippen LogP) is 3.61. The average molecular weight is 348 g/mol. The van der Waals surface area contributed by atoms with Crippen molar-refractivity contribution in [1.29, 1.82) is 0 Å². The fraction of sp³-hybridized carbons (Fsp3) is 0.158. The van der Waals surface area contributed by atoms with E-state index < -0.39 is 0 Å². The zero-order chi connectivity index (χ0) is 18.4. The van der Waals surface area contributed by atoms with E-state index in [1.807, 2.05) is 44.2 Å². The summed E-state index contributed by atoms with van der Waals surface area (Å²) in [5.41, 5.74) is 1.93. The quantitative estimate of drug-likeness (QED) is 0.630. The largest absolute Gasteiger partial charge is 0.370 e. The van der Waals surface area contributed by atoms with Gasteiger partial charge in [-0.1, -0.05) is 6.07 Å². The van der Waals surface area contributed by atoms with Gasteiger partial charge in [0.05, 0.1) is 0 Å². The molecule has 1 amide bonds. The minimum atomic E-state index is -0.243. The van der Waals surface area contributed by atoms with Crippen molar-refractivity contribution in [2.24, 2.45) is 0 Å². The van der Waals surface area contributed by atoms with Gasteiger partial charge in [-0.3, -0.25) is 9.78 Å². The van der Waals surface area contributed by atoms with Crippen molar-refractivity contribution < 1.29 is 4.79 Å². The predicted molar refractivity (Wildman–Crippen MR) is 103 cm³/mol. The van der Waals surface area contributed by atoms with Crippen molar-refractivity contribution in [1.82, 2.24) is 15.0 Å². The summed E-state index contributed by atoms with van der Waals surface area (Å²) in [6.07, 6.45) is 1.59. The molecule has 7 heteroatoms. The minimum Gasteiger partial charge on any atom is -0.370 e. The van der Waals surface area contributed by atoms with Crippen molar-refractivity contribution in [2.75, 3.05) is 22.5 Å². The lowest BCUT2D eigenvalue weighted by Crippen LogP contribution is -2.13. The molecule has 26 heavy (non-hydrogen) atoms. The summed E-state index contributed by atoms with van der Waals surface area (Å²) in [7, 11) is 0. The molecule has 0 radical (unpaired) electrons. The minimum absolute atomic E-state index is 0.243. The Morgan fingerprint density at radius 1 is 1.00 bits per heavy atom. The number of benzene rings is 1. The number of hydrogen-bond donors (Lipinski definition) is 3. The lowest BCUT2D eigenvalue weighted by atomic mass is 10.2. The van der Waals surface area contributed by atoms with Crippen LogP contribution in [-0.2, 0) is 0 Å². The van der Waals surface area contributed by atoms with Gasteiger partial charge in [0.15, 0.2) is 0 Å². The van der Waals surface area contributed by atoms with Crippen LogP contribution in [0.3, 0.4) is 0 Å². The number of aromatic nitrogens is 3. The Kier molecular flexibility index (Phi) is 5.38. The second kappa shape index (κ2) is 8.06. The highest BCUT2D eigenvalue weighted by molar-refractivity contribution is 6.02. The summed E-state index contributed by atoms with van der Waals surface area (Å²) in [5, 5.41) is 9.24. The molecule has 0 fully saturated rings. The second-order valence-corrected chi connectivity index (χ2v) is 5.59. The molecular weight excluding hydrogens is 328 g/mol. The molecule has 2 heterocycles. The van der Waals surface area contributed by atoms with Gasteiger partial charge in [-0.15, -0.1) is 0 Å². The van der Waals surface area contributed by atoms with E-state index in [4.69, 9.17) is 0 Å². The third kappa shape index (κ3) is 4.54. The van der Waals surface area contributed by atoms with Gasteiger partial charge in [-0.25, -0.2) is 9.97 Å². The molecule has 0 aliphatic heterocycles. The molecule has 2 aromatic heterocycles. The fourth-order valence-corrected chi connectivity index (χ4v) is 2.38. The number of carbonyl (C=O) groups is 1. The molecule has 0 bridgehead atoms. The topological polar surface area (TPSA) is 91.8 Å². The van der Waals surface area contributed by atoms with Crippen molar-refractivity contribution in [3.05, 3.63) is 66.2 Å². The summed E-state index contributed by atoms with van der Waals surface area (Å²) in [4.78, 5) is 24.9. The van der Waals surface area contributed by atoms with Crippen LogP contribution in [-0.4, -0.2) is 27.4 Å². The number of carbonyl (C=O) groups excluding carboxylic acids is 1. The molecular formula is C19H20N6O. The fourth-order valence-electron chi connectivity index (χ4n) is 2.38. The van der Waals surface area contributed by atoms with Crippen LogP contribution in [0.1, 0.15) is 23.2 Å². The molecule has 1 aromatic carbocycles. The van der Waals surface area contributed by atoms with Crippen LogP contribution in [0.25, 0.3) is 0 Å². The summed E-state index contributed by atoms with van der Waals surface area (Å²) in [6.45, 7) is 4.66. The van der Waals surface area contributed by atoms with Crippen molar-refractivity contribution in [3.8, 4) is 0 Å². The van der Waals surface area contributed by atoms with Crippen LogP contribution < -0.4 is 16.0 Å². The van der Waals surface area contributed by atoms with E-state index >= 15 is 0 Å². The molecule has 132 valence electrons. The normalized spacial score (nSPS) is 10.2. The molecule has 0 aliphatic carbocycles. The number of hydrogen-bond acceptors (Lipinski definition) is 6. The van der Waals surface area contributed by atoms with Crippen molar-refractivity contribution in [2.45, 2.75) is 13.8 Å². The zero-order valence-electron chi connectivity index (χ0n) is 14.7. The van der Waals surface area contributed by atoms with E-state index in [-0.39, 0.29) is 5.91 Å². The summed E-state index contributed by atoms with van der Waals surface area (Å²) in [5.74, 6) is 1.93. The van der Waals surface area contributed by atoms with Crippen LogP contribution in [0.4, 0.5) is 23.0 Å². The third-order valence-electron chi connectivity index (χ3n) is 3.51. The standard InChI is InChI=1S/C19H20N6O/c1-3-20-17-12-18(23-13(2)22-17)24-14-7-9-15(10-8-14)25-19(26)16-6-4-5-11-21-16/h4-12H,3H2,1-2H3,(H,25,26)(H2,20,22,23,24). The Bertz CT molecular complexity index is 880. The van der Waals surface area contributed by atoms with E-state index in [0.717, 1.165) is 18.1 Å². The van der Waals surface area contributed by atoms with Gasteiger partial charge in [-0.05, 0) is 50.2 Å².